The number of anilines is 2. The lowest BCUT2D eigenvalue weighted by molar-refractivity contribution is -0.114. The van der Waals surface area contributed by atoms with Gasteiger partial charge in [0.15, 0.2) is 0 Å². The van der Waals surface area contributed by atoms with Crippen molar-refractivity contribution in [2.45, 2.75) is 13.8 Å². The molecule has 1 amide bonds. The van der Waals surface area contributed by atoms with Crippen LogP contribution in [0.4, 0.5) is 11.4 Å². The van der Waals surface area contributed by atoms with E-state index >= 15 is 0 Å². The smallest absolute Gasteiger partial charge is 0.243 e. The van der Waals surface area contributed by atoms with Gasteiger partial charge < -0.3 is 10.6 Å². The Hall–Kier alpha value is -1.52. The van der Waals surface area contributed by atoms with Crippen molar-refractivity contribution >= 4 is 44.8 Å². The molecule has 0 bridgehead atoms. The number of nitrogens with one attached hydrogen (secondary N) is 2. The van der Waals surface area contributed by atoms with Crippen molar-refractivity contribution in [1.29, 1.82) is 0 Å². The van der Waals surface area contributed by atoms with Crippen molar-refractivity contribution in [2.24, 2.45) is 0 Å². The van der Waals surface area contributed by atoms with Gasteiger partial charge in [-0.1, -0.05) is 17.7 Å². The van der Waals surface area contributed by atoms with Crippen LogP contribution >= 0.6 is 27.5 Å². The van der Waals surface area contributed by atoms with Crippen LogP contribution < -0.4 is 10.6 Å². The molecule has 2 rings (SSSR count). The molecule has 0 saturated carbocycles. The minimum absolute atomic E-state index is 0.104. The maximum absolute atomic E-state index is 12.0. The van der Waals surface area contributed by atoms with Crippen molar-refractivity contribution in [3.05, 3.63) is 57.0 Å². The summed E-state index contributed by atoms with van der Waals surface area (Å²) in [6.07, 6.45) is 0. The molecule has 0 aliphatic heterocycles. The van der Waals surface area contributed by atoms with Gasteiger partial charge in [0.1, 0.15) is 0 Å². The predicted octanol–water partition coefficient (Wildman–Crippen LogP) is 4.77. The van der Waals surface area contributed by atoms with E-state index in [0.717, 1.165) is 27.0 Å². The molecule has 0 unspecified atom stereocenters. The summed E-state index contributed by atoms with van der Waals surface area (Å²) in [7, 11) is 0. The standard InChI is InChI=1S/C16H16BrClN2O/c1-10-3-5-15(13(17)7-10)19-9-16(21)20-14-6-4-12(18)8-11(14)2/h3-8,19H,9H2,1-2H3,(H,20,21). The van der Waals surface area contributed by atoms with Crippen molar-refractivity contribution < 1.29 is 4.79 Å². The second kappa shape index (κ2) is 6.96. The second-order valence-corrected chi connectivity index (χ2v) is 6.14. The molecule has 3 nitrogen and oxygen atoms in total. The van der Waals surface area contributed by atoms with Crippen LogP contribution in [0.2, 0.25) is 5.02 Å². The van der Waals surface area contributed by atoms with Crippen molar-refractivity contribution in [1.82, 2.24) is 0 Å². The van der Waals surface area contributed by atoms with Crippen LogP contribution in [0.1, 0.15) is 11.1 Å². The summed E-state index contributed by atoms with van der Waals surface area (Å²) in [6.45, 7) is 4.12. The Bertz CT molecular complexity index is 673. The summed E-state index contributed by atoms with van der Waals surface area (Å²) >= 11 is 9.37. The number of benzene rings is 2. The zero-order valence-corrected chi connectivity index (χ0v) is 14.2. The fourth-order valence-corrected chi connectivity index (χ4v) is 2.76. The highest BCUT2D eigenvalue weighted by atomic mass is 79.9. The van der Waals surface area contributed by atoms with E-state index in [2.05, 4.69) is 26.6 Å². The largest absolute Gasteiger partial charge is 0.375 e. The Morgan fingerprint density at radius 1 is 1.14 bits per heavy atom. The van der Waals surface area contributed by atoms with E-state index in [-0.39, 0.29) is 12.5 Å². The first-order valence-corrected chi connectivity index (χ1v) is 7.69. The highest BCUT2D eigenvalue weighted by Gasteiger charge is 2.06. The third-order valence-electron chi connectivity index (χ3n) is 3.03. The van der Waals surface area contributed by atoms with Crippen LogP contribution in [-0.4, -0.2) is 12.5 Å². The van der Waals surface area contributed by atoms with Gasteiger partial charge in [0.2, 0.25) is 5.91 Å². The van der Waals surface area contributed by atoms with Gasteiger partial charge in [-0.05, 0) is 71.2 Å². The third kappa shape index (κ3) is 4.48. The first kappa shape index (κ1) is 15.9. The number of aryl methyl sites for hydroxylation is 2. The molecule has 21 heavy (non-hydrogen) atoms. The average molecular weight is 368 g/mol. The lowest BCUT2D eigenvalue weighted by Crippen LogP contribution is -2.22. The van der Waals surface area contributed by atoms with Crippen LogP contribution in [0.15, 0.2) is 40.9 Å². The highest BCUT2D eigenvalue weighted by Crippen LogP contribution is 2.23. The molecule has 0 radical (unpaired) electrons. The van der Waals surface area contributed by atoms with Gasteiger partial charge in [-0.25, -0.2) is 0 Å². The zero-order valence-electron chi connectivity index (χ0n) is 11.8. The van der Waals surface area contributed by atoms with Gasteiger partial charge in [-0.3, -0.25) is 4.79 Å². The predicted molar refractivity (Wildman–Crippen MR) is 92.2 cm³/mol. The van der Waals surface area contributed by atoms with Gasteiger partial charge in [-0.15, -0.1) is 0 Å². The van der Waals surface area contributed by atoms with Crippen LogP contribution in [-0.2, 0) is 4.79 Å². The monoisotopic (exact) mass is 366 g/mol. The fourth-order valence-electron chi connectivity index (χ4n) is 1.90. The normalized spacial score (nSPS) is 10.3. The molecule has 0 heterocycles. The number of halogens is 2. The molecular formula is C16H16BrClN2O. The number of carbonyl (C=O) groups excluding carboxylic acids is 1. The minimum atomic E-state index is -0.104. The maximum atomic E-state index is 12.0. The summed E-state index contributed by atoms with van der Waals surface area (Å²) in [4.78, 5) is 12.0. The molecule has 0 fully saturated rings. The van der Waals surface area contributed by atoms with Gasteiger partial charge in [0.05, 0.1) is 6.54 Å². The van der Waals surface area contributed by atoms with E-state index in [1.165, 1.54) is 0 Å². The Morgan fingerprint density at radius 2 is 1.86 bits per heavy atom. The van der Waals surface area contributed by atoms with Crippen LogP contribution in [0, 0.1) is 13.8 Å². The number of carbonyl (C=O) groups is 1. The lowest BCUT2D eigenvalue weighted by atomic mass is 10.2. The summed E-state index contributed by atoms with van der Waals surface area (Å²) in [6, 6.07) is 11.3. The van der Waals surface area contributed by atoms with Gasteiger partial charge in [0.25, 0.3) is 0 Å². The lowest BCUT2D eigenvalue weighted by Gasteiger charge is -2.11. The Morgan fingerprint density at radius 3 is 2.52 bits per heavy atom. The molecule has 0 aliphatic rings. The summed E-state index contributed by atoms with van der Waals surface area (Å²) in [5.41, 5.74) is 3.76. The Balaban J connectivity index is 1.96. The Labute approximate surface area is 137 Å². The van der Waals surface area contributed by atoms with Gasteiger partial charge >= 0.3 is 0 Å². The summed E-state index contributed by atoms with van der Waals surface area (Å²) < 4.78 is 0.943. The molecule has 0 atom stereocenters. The number of rotatable bonds is 4. The van der Waals surface area contributed by atoms with Crippen molar-refractivity contribution in [3.8, 4) is 0 Å². The quantitative estimate of drug-likeness (QED) is 0.817. The molecule has 0 saturated heterocycles. The van der Waals surface area contributed by atoms with E-state index in [9.17, 15) is 4.79 Å². The molecule has 2 aromatic carbocycles. The van der Waals surface area contributed by atoms with Crippen molar-refractivity contribution in [2.75, 3.05) is 17.2 Å². The van der Waals surface area contributed by atoms with Crippen LogP contribution in [0.3, 0.4) is 0 Å². The zero-order chi connectivity index (χ0) is 15.4. The molecule has 5 heteroatoms. The SMILES string of the molecule is Cc1ccc(NCC(=O)Nc2ccc(Cl)cc2C)c(Br)c1. The molecular weight excluding hydrogens is 352 g/mol. The number of amides is 1. The maximum Gasteiger partial charge on any atom is 0.243 e. The Kier molecular flexibility index (Phi) is 5.26. The van der Waals surface area contributed by atoms with Gasteiger partial charge in [-0.2, -0.15) is 0 Å². The first-order valence-electron chi connectivity index (χ1n) is 6.52. The third-order valence-corrected chi connectivity index (χ3v) is 3.92. The van der Waals surface area contributed by atoms with Crippen LogP contribution in [0.5, 0.6) is 0 Å². The topological polar surface area (TPSA) is 41.1 Å². The van der Waals surface area contributed by atoms with Crippen LogP contribution in [0.25, 0.3) is 0 Å². The molecule has 0 spiro atoms. The van der Waals surface area contributed by atoms with E-state index < -0.39 is 0 Å². The molecule has 2 N–H and O–H groups in total. The van der Waals surface area contributed by atoms with E-state index in [4.69, 9.17) is 11.6 Å². The molecule has 0 aromatic heterocycles. The molecule has 110 valence electrons. The van der Waals surface area contributed by atoms with E-state index in [0.29, 0.717) is 5.02 Å². The second-order valence-electron chi connectivity index (χ2n) is 4.84. The number of hydrogen-bond donors (Lipinski definition) is 2. The number of hydrogen-bond acceptors (Lipinski definition) is 2. The fraction of sp³-hybridized carbons (Fsp3) is 0.188. The minimum Gasteiger partial charge on any atom is -0.375 e. The summed E-state index contributed by atoms with van der Waals surface area (Å²) in [5, 5.41) is 6.63. The van der Waals surface area contributed by atoms with Crippen molar-refractivity contribution in [3.63, 3.8) is 0 Å². The average Bonchev–Trinajstić information content (AvgIpc) is 2.41. The van der Waals surface area contributed by atoms with Gasteiger partial charge in [0, 0.05) is 20.9 Å². The molecule has 2 aromatic rings. The molecule has 0 aliphatic carbocycles. The first-order chi connectivity index (χ1) is 9.95. The summed E-state index contributed by atoms with van der Waals surface area (Å²) in [5.74, 6) is -0.104. The highest BCUT2D eigenvalue weighted by molar-refractivity contribution is 9.10. The van der Waals surface area contributed by atoms with E-state index in [1.807, 2.05) is 38.1 Å². The van der Waals surface area contributed by atoms with E-state index in [1.54, 1.807) is 12.1 Å².